The second kappa shape index (κ2) is 10.5. The number of carbonyl (C=O) groups is 1. The summed E-state index contributed by atoms with van der Waals surface area (Å²) in [6.07, 6.45) is 0.930. The minimum Gasteiger partial charge on any atom is -1.00 e. The SMILES string of the molecule is C=C(C)C(=O)NC(C)(C)C[N+](C)(C)CCC[Si](OC)(OC)OC.[Cl-]. The van der Waals surface area contributed by atoms with E-state index in [1.807, 2.05) is 13.8 Å². The highest BCUT2D eigenvalue weighted by Gasteiger charge is 2.38. The van der Waals surface area contributed by atoms with Gasteiger partial charge in [-0.05, 0) is 20.8 Å². The predicted octanol–water partition coefficient (Wildman–Crippen LogP) is -1.19. The van der Waals surface area contributed by atoms with E-state index >= 15 is 0 Å². The number of nitrogens with one attached hydrogen (secondary N) is 1. The molecule has 0 heterocycles. The Balaban J connectivity index is 0. The fourth-order valence-electron chi connectivity index (χ4n) is 2.88. The predicted molar refractivity (Wildman–Crippen MR) is 95.1 cm³/mol. The Morgan fingerprint density at radius 1 is 1.17 bits per heavy atom. The molecular formula is C16H35ClN2O4Si. The first-order chi connectivity index (χ1) is 10.4. The van der Waals surface area contributed by atoms with E-state index in [9.17, 15) is 4.79 Å². The van der Waals surface area contributed by atoms with Gasteiger partial charge < -0.3 is 35.5 Å². The molecule has 6 nitrogen and oxygen atoms in total. The van der Waals surface area contributed by atoms with E-state index in [0.717, 1.165) is 30.0 Å². The van der Waals surface area contributed by atoms with Crippen molar-refractivity contribution in [2.24, 2.45) is 0 Å². The van der Waals surface area contributed by atoms with Crippen molar-refractivity contribution in [3.05, 3.63) is 12.2 Å². The third kappa shape index (κ3) is 9.15. The summed E-state index contributed by atoms with van der Waals surface area (Å²) in [6, 6.07) is 0.775. The molecule has 0 rings (SSSR count). The summed E-state index contributed by atoms with van der Waals surface area (Å²) in [6.45, 7) is 11.2. The fourth-order valence-corrected chi connectivity index (χ4v) is 4.59. The van der Waals surface area contributed by atoms with E-state index in [2.05, 4.69) is 26.0 Å². The largest absolute Gasteiger partial charge is 1.00 e. The Labute approximate surface area is 154 Å². The monoisotopic (exact) mass is 382 g/mol. The van der Waals surface area contributed by atoms with E-state index in [1.54, 1.807) is 28.3 Å². The zero-order valence-corrected chi connectivity index (χ0v) is 18.2. The van der Waals surface area contributed by atoms with Crippen LogP contribution in [-0.2, 0) is 18.1 Å². The molecule has 0 aliphatic rings. The summed E-state index contributed by atoms with van der Waals surface area (Å²) in [4.78, 5) is 11.8. The average Bonchev–Trinajstić information content (AvgIpc) is 2.42. The van der Waals surface area contributed by atoms with Gasteiger partial charge in [0.25, 0.3) is 0 Å². The van der Waals surface area contributed by atoms with Crippen LogP contribution < -0.4 is 17.7 Å². The standard InChI is InChI=1S/C16H34N2O4Si.ClH/c1-14(2)15(19)17-16(3,4)13-18(5,6)11-10-12-23(20-7,21-8)22-9;/h1,10-13H2,2-9H3;1H. The van der Waals surface area contributed by atoms with Crippen LogP contribution >= 0.6 is 0 Å². The molecule has 0 aromatic carbocycles. The normalized spacial score (nSPS) is 12.5. The second-order valence-corrected chi connectivity index (χ2v) is 10.4. The van der Waals surface area contributed by atoms with Gasteiger partial charge in [0.05, 0.1) is 26.2 Å². The summed E-state index contributed by atoms with van der Waals surface area (Å²) in [7, 11) is 6.71. The smallest absolute Gasteiger partial charge is 0.500 e. The third-order valence-corrected chi connectivity index (χ3v) is 6.67. The fraction of sp³-hybridized carbons (Fsp3) is 0.812. The molecule has 0 aromatic heterocycles. The van der Waals surface area contributed by atoms with E-state index < -0.39 is 8.80 Å². The quantitative estimate of drug-likeness (QED) is 0.277. The molecule has 24 heavy (non-hydrogen) atoms. The highest BCUT2D eigenvalue weighted by molar-refractivity contribution is 6.60. The van der Waals surface area contributed by atoms with Crippen molar-refractivity contribution < 1.29 is 35.0 Å². The Morgan fingerprint density at radius 2 is 1.62 bits per heavy atom. The van der Waals surface area contributed by atoms with Crippen molar-refractivity contribution in [2.75, 3.05) is 48.5 Å². The van der Waals surface area contributed by atoms with Crippen molar-refractivity contribution >= 4 is 14.7 Å². The molecule has 0 aliphatic carbocycles. The molecule has 0 atom stereocenters. The average molecular weight is 383 g/mol. The van der Waals surface area contributed by atoms with Crippen LogP contribution in [0.25, 0.3) is 0 Å². The zero-order chi connectivity index (χ0) is 18.3. The summed E-state index contributed by atoms with van der Waals surface area (Å²) >= 11 is 0. The third-order valence-electron chi connectivity index (χ3n) is 3.84. The molecular weight excluding hydrogens is 348 g/mol. The first-order valence-electron chi connectivity index (χ1n) is 7.88. The highest BCUT2D eigenvalue weighted by atomic mass is 35.5. The highest BCUT2D eigenvalue weighted by Crippen LogP contribution is 2.18. The summed E-state index contributed by atoms with van der Waals surface area (Å²) < 4.78 is 17.1. The molecule has 1 N–H and O–H groups in total. The van der Waals surface area contributed by atoms with Crippen molar-refractivity contribution in [1.82, 2.24) is 5.32 Å². The lowest BCUT2D eigenvalue weighted by molar-refractivity contribution is -0.893. The number of halogens is 1. The molecule has 0 fully saturated rings. The van der Waals surface area contributed by atoms with Crippen molar-refractivity contribution in [2.45, 2.75) is 38.8 Å². The van der Waals surface area contributed by atoms with E-state index in [4.69, 9.17) is 13.3 Å². The van der Waals surface area contributed by atoms with Gasteiger partial charge in [-0.15, -0.1) is 0 Å². The van der Waals surface area contributed by atoms with Gasteiger partial charge in [0.15, 0.2) is 0 Å². The van der Waals surface area contributed by atoms with Gasteiger partial charge in [-0.1, -0.05) is 6.58 Å². The van der Waals surface area contributed by atoms with Crippen LogP contribution in [0.3, 0.4) is 0 Å². The van der Waals surface area contributed by atoms with Crippen LogP contribution in [0.4, 0.5) is 0 Å². The molecule has 8 heteroatoms. The maximum absolute atomic E-state index is 11.8. The number of carbonyl (C=O) groups excluding carboxylic acids is 1. The Hall–Kier alpha value is -0.443. The van der Waals surface area contributed by atoms with Gasteiger partial charge in [0.1, 0.15) is 6.54 Å². The van der Waals surface area contributed by atoms with Gasteiger partial charge in [0.2, 0.25) is 5.91 Å². The molecule has 0 aromatic rings. The van der Waals surface area contributed by atoms with Crippen LogP contribution in [0.5, 0.6) is 0 Å². The lowest BCUT2D eigenvalue weighted by Crippen LogP contribution is -3.00. The van der Waals surface area contributed by atoms with E-state index in [1.165, 1.54) is 0 Å². The van der Waals surface area contributed by atoms with Gasteiger partial charge in [-0.25, -0.2) is 0 Å². The minimum atomic E-state index is -2.51. The zero-order valence-electron chi connectivity index (χ0n) is 16.5. The number of rotatable bonds is 11. The number of nitrogens with zero attached hydrogens (tertiary/aromatic N) is 1. The van der Waals surface area contributed by atoms with Crippen LogP contribution in [0.15, 0.2) is 12.2 Å². The molecule has 1 amide bonds. The summed E-state index contributed by atoms with van der Waals surface area (Å²) in [5.41, 5.74) is 0.220. The first kappa shape index (κ1) is 25.8. The van der Waals surface area contributed by atoms with E-state index in [0.29, 0.717) is 5.57 Å². The molecule has 0 spiro atoms. The van der Waals surface area contributed by atoms with Gasteiger partial charge >= 0.3 is 8.80 Å². The molecule has 0 bridgehead atoms. The van der Waals surface area contributed by atoms with Gasteiger partial charge in [-0.3, -0.25) is 4.79 Å². The number of hydrogen-bond donors (Lipinski definition) is 1. The number of amides is 1. The molecule has 0 radical (unpaired) electrons. The van der Waals surface area contributed by atoms with Crippen LogP contribution in [0.2, 0.25) is 6.04 Å². The topological polar surface area (TPSA) is 56.8 Å². The summed E-state index contributed by atoms with van der Waals surface area (Å²) in [5, 5.41) is 3.03. The number of hydrogen-bond acceptors (Lipinski definition) is 4. The maximum atomic E-state index is 11.8. The molecule has 0 aliphatic heterocycles. The number of quaternary nitrogens is 1. The minimum absolute atomic E-state index is 0. The maximum Gasteiger partial charge on any atom is 0.500 e. The Kier molecular flexibility index (Phi) is 11.3. The van der Waals surface area contributed by atoms with Crippen molar-refractivity contribution in [3.63, 3.8) is 0 Å². The van der Waals surface area contributed by atoms with Crippen LogP contribution in [0.1, 0.15) is 27.2 Å². The van der Waals surface area contributed by atoms with Gasteiger partial charge in [-0.2, -0.15) is 0 Å². The molecule has 144 valence electrons. The molecule has 0 unspecified atom stereocenters. The first-order valence-corrected chi connectivity index (χ1v) is 9.81. The van der Waals surface area contributed by atoms with Gasteiger partial charge in [0, 0.05) is 39.4 Å². The summed E-state index contributed by atoms with van der Waals surface area (Å²) in [5.74, 6) is -0.0976. The Bertz CT molecular complexity index is 405. The second-order valence-electron chi connectivity index (χ2n) is 7.33. The molecule has 0 saturated carbocycles. The molecule has 0 saturated heterocycles. The van der Waals surface area contributed by atoms with Crippen molar-refractivity contribution in [3.8, 4) is 0 Å². The Morgan fingerprint density at radius 3 is 2.00 bits per heavy atom. The lowest BCUT2D eigenvalue weighted by atomic mass is 10.0. The lowest BCUT2D eigenvalue weighted by Gasteiger charge is -2.38. The van der Waals surface area contributed by atoms with Crippen LogP contribution in [0, 0.1) is 0 Å². The van der Waals surface area contributed by atoms with E-state index in [-0.39, 0.29) is 23.9 Å². The van der Waals surface area contributed by atoms with Crippen LogP contribution in [-0.4, -0.2) is 73.2 Å². The number of likely N-dealkylation sites (N-methyl/N-ethyl adjacent to an activating group) is 1. The van der Waals surface area contributed by atoms with Crippen molar-refractivity contribution in [1.29, 1.82) is 0 Å².